The maximum absolute atomic E-state index is 10.1. The molecule has 0 saturated carbocycles. The molecule has 0 fully saturated rings. The summed E-state index contributed by atoms with van der Waals surface area (Å²) < 4.78 is 0. The van der Waals surface area contributed by atoms with Crippen LogP contribution in [0, 0.1) is 12.8 Å². The van der Waals surface area contributed by atoms with E-state index in [4.69, 9.17) is 0 Å². The van der Waals surface area contributed by atoms with E-state index in [1.54, 1.807) is 12.4 Å². The van der Waals surface area contributed by atoms with Crippen molar-refractivity contribution in [2.75, 3.05) is 0 Å². The summed E-state index contributed by atoms with van der Waals surface area (Å²) in [5.41, 5.74) is 2.09. The number of nitrogens with zero attached hydrogens (tertiary/aromatic N) is 1. The minimum atomic E-state index is -0.372. The first-order chi connectivity index (χ1) is 6.66. The number of aromatic nitrogens is 1. The molecule has 0 aliphatic carbocycles. The lowest BCUT2D eigenvalue weighted by Crippen LogP contribution is -2.10. The molecule has 2 unspecified atom stereocenters. The third-order valence-corrected chi connectivity index (χ3v) is 2.68. The molecule has 0 radical (unpaired) electrons. The maximum atomic E-state index is 10.1. The minimum absolute atomic E-state index is 0.308. The van der Waals surface area contributed by atoms with Gasteiger partial charge in [-0.05, 0) is 30.9 Å². The van der Waals surface area contributed by atoms with Gasteiger partial charge in [-0.2, -0.15) is 0 Å². The van der Waals surface area contributed by atoms with Crippen molar-refractivity contribution >= 4 is 0 Å². The molecule has 1 heterocycles. The zero-order valence-electron chi connectivity index (χ0n) is 9.20. The fourth-order valence-corrected chi connectivity index (χ4v) is 1.71. The minimum Gasteiger partial charge on any atom is -0.388 e. The first-order valence-electron chi connectivity index (χ1n) is 5.25. The molecular formula is C12H19NO. The second-order valence-corrected chi connectivity index (χ2v) is 3.94. The number of hydrogen-bond acceptors (Lipinski definition) is 2. The molecular weight excluding hydrogens is 174 g/mol. The number of rotatable bonds is 4. The highest BCUT2D eigenvalue weighted by molar-refractivity contribution is 5.24. The van der Waals surface area contributed by atoms with Gasteiger partial charge in [0.15, 0.2) is 0 Å². The second kappa shape index (κ2) is 5.11. The molecule has 14 heavy (non-hydrogen) atoms. The smallest absolute Gasteiger partial charge is 0.0832 e. The van der Waals surface area contributed by atoms with Gasteiger partial charge >= 0.3 is 0 Å². The SMILES string of the molecule is CCCC(C)C(O)c1cnccc1C. The number of aliphatic hydroxyl groups is 1. The van der Waals surface area contributed by atoms with Gasteiger partial charge in [0.2, 0.25) is 0 Å². The summed E-state index contributed by atoms with van der Waals surface area (Å²) in [5.74, 6) is 0.308. The fraction of sp³-hybridized carbons (Fsp3) is 0.583. The van der Waals surface area contributed by atoms with Crippen molar-refractivity contribution in [1.82, 2.24) is 4.98 Å². The first-order valence-corrected chi connectivity index (χ1v) is 5.25. The van der Waals surface area contributed by atoms with Gasteiger partial charge in [0, 0.05) is 18.0 Å². The summed E-state index contributed by atoms with van der Waals surface area (Å²) in [5, 5.41) is 10.1. The topological polar surface area (TPSA) is 33.1 Å². The van der Waals surface area contributed by atoms with E-state index in [0.29, 0.717) is 5.92 Å². The zero-order valence-corrected chi connectivity index (χ0v) is 9.20. The summed E-state index contributed by atoms with van der Waals surface area (Å²) in [6.45, 7) is 6.23. The van der Waals surface area contributed by atoms with E-state index < -0.39 is 0 Å². The van der Waals surface area contributed by atoms with Crippen molar-refractivity contribution in [2.24, 2.45) is 5.92 Å². The van der Waals surface area contributed by atoms with E-state index >= 15 is 0 Å². The summed E-state index contributed by atoms with van der Waals surface area (Å²) >= 11 is 0. The predicted octanol–water partition coefficient (Wildman–Crippen LogP) is 2.86. The molecule has 78 valence electrons. The molecule has 0 saturated heterocycles. The van der Waals surface area contributed by atoms with Crippen LogP contribution in [0.3, 0.4) is 0 Å². The van der Waals surface area contributed by atoms with Gasteiger partial charge in [-0.25, -0.2) is 0 Å². The lowest BCUT2D eigenvalue weighted by Gasteiger charge is -2.19. The molecule has 1 rings (SSSR count). The Bertz CT molecular complexity index is 285. The van der Waals surface area contributed by atoms with Crippen LogP contribution in [-0.2, 0) is 0 Å². The van der Waals surface area contributed by atoms with Crippen molar-refractivity contribution in [3.63, 3.8) is 0 Å². The summed E-state index contributed by atoms with van der Waals surface area (Å²) in [6.07, 6.45) is 5.32. The van der Waals surface area contributed by atoms with Crippen LogP contribution >= 0.6 is 0 Å². The Labute approximate surface area is 86.0 Å². The van der Waals surface area contributed by atoms with Crippen LogP contribution in [0.5, 0.6) is 0 Å². The van der Waals surface area contributed by atoms with E-state index in [2.05, 4.69) is 18.8 Å². The summed E-state index contributed by atoms with van der Waals surface area (Å²) in [4.78, 5) is 4.05. The van der Waals surface area contributed by atoms with Crippen molar-refractivity contribution in [1.29, 1.82) is 0 Å². The fourth-order valence-electron chi connectivity index (χ4n) is 1.71. The highest BCUT2D eigenvalue weighted by Gasteiger charge is 2.17. The first kappa shape index (κ1) is 11.2. The normalized spacial score (nSPS) is 15.1. The van der Waals surface area contributed by atoms with Crippen molar-refractivity contribution < 1.29 is 5.11 Å². The van der Waals surface area contributed by atoms with E-state index in [1.165, 1.54) is 0 Å². The lowest BCUT2D eigenvalue weighted by molar-refractivity contribution is 0.111. The Balaban J connectivity index is 2.78. The van der Waals surface area contributed by atoms with Gasteiger partial charge in [0.25, 0.3) is 0 Å². The van der Waals surface area contributed by atoms with E-state index in [-0.39, 0.29) is 6.10 Å². The van der Waals surface area contributed by atoms with Gasteiger partial charge < -0.3 is 5.11 Å². The van der Waals surface area contributed by atoms with Crippen molar-refractivity contribution in [3.8, 4) is 0 Å². The summed E-state index contributed by atoms with van der Waals surface area (Å²) in [6, 6.07) is 1.94. The van der Waals surface area contributed by atoms with E-state index in [0.717, 1.165) is 24.0 Å². The Hall–Kier alpha value is -0.890. The molecule has 0 aliphatic rings. The molecule has 1 aromatic heterocycles. The van der Waals surface area contributed by atoms with Gasteiger partial charge in [0.1, 0.15) is 0 Å². The molecule has 0 aromatic carbocycles. The molecule has 0 bridgehead atoms. The largest absolute Gasteiger partial charge is 0.388 e. The van der Waals surface area contributed by atoms with Crippen LogP contribution in [0.4, 0.5) is 0 Å². The monoisotopic (exact) mass is 193 g/mol. The molecule has 2 heteroatoms. The van der Waals surface area contributed by atoms with Crippen LogP contribution in [0.1, 0.15) is 43.9 Å². The average molecular weight is 193 g/mol. The standard InChI is InChI=1S/C12H19NO/c1-4-5-10(3)12(14)11-8-13-7-6-9(11)2/h6-8,10,12,14H,4-5H2,1-3H3. The zero-order chi connectivity index (χ0) is 10.6. The molecule has 2 atom stereocenters. The molecule has 0 amide bonds. The van der Waals surface area contributed by atoms with Gasteiger partial charge in [-0.15, -0.1) is 0 Å². The van der Waals surface area contributed by atoms with E-state index in [1.807, 2.05) is 13.0 Å². The Morgan fingerprint density at radius 1 is 1.50 bits per heavy atom. The van der Waals surface area contributed by atoms with Crippen molar-refractivity contribution in [3.05, 3.63) is 29.6 Å². The van der Waals surface area contributed by atoms with E-state index in [9.17, 15) is 5.11 Å². The van der Waals surface area contributed by atoms with Gasteiger partial charge in [-0.3, -0.25) is 4.98 Å². The molecule has 1 aromatic rings. The van der Waals surface area contributed by atoms with Crippen LogP contribution in [0.25, 0.3) is 0 Å². The Morgan fingerprint density at radius 2 is 2.21 bits per heavy atom. The average Bonchev–Trinajstić information content (AvgIpc) is 2.18. The molecule has 0 aliphatic heterocycles. The number of aliphatic hydroxyl groups excluding tert-OH is 1. The number of hydrogen-bond donors (Lipinski definition) is 1. The summed E-state index contributed by atoms with van der Waals surface area (Å²) in [7, 11) is 0. The Morgan fingerprint density at radius 3 is 2.79 bits per heavy atom. The van der Waals surface area contributed by atoms with Crippen LogP contribution < -0.4 is 0 Å². The van der Waals surface area contributed by atoms with Crippen LogP contribution in [0.2, 0.25) is 0 Å². The highest BCUT2D eigenvalue weighted by Crippen LogP contribution is 2.26. The van der Waals surface area contributed by atoms with Gasteiger partial charge in [0.05, 0.1) is 6.10 Å². The predicted molar refractivity (Wildman–Crippen MR) is 58.0 cm³/mol. The third-order valence-electron chi connectivity index (χ3n) is 2.68. The van der Waals surface area contributed by atoms with Crippen LogP contribution in [-0.4, -0.2) is 10.1 Å². The Kier molecular flexibility index (Phi) is 4.08. The highest BCUT2D eigenvalue weighted by atomic mass is 16.3. The van der Waals surface area contributed by atoms with Crippen LogP contribution in [0.15, 0.2) is 18.5 Å². The molecule has 2 nitrogen and oxygen atoms in total. The second-order valence-electron chi connectivity index (χ2n) is 3.94. The molecule has 1 N–H and O–H groups in total. The van der Waals surface area contributed by atoms with Crippen molar-refractivity contribution in [2.45, 2.75) is 39.7 Å². The maximum Gasteiger partial charge on any atom is 0.0832 e. The third kappa shape index (κ3) is 2.55. The van der Waals surface area contributed by atoms with Gasteiger partial charge in [-0.1, -0.05) is 20.3 Å². The number of pyridine rings is 1. The molecule has 0 spiro atoms. The lowest BCUT2D eigenvalue weighted by atomic mass is 9.92. The number of aryl methyl sites for hydroxylation is 1. The quantitative estimate of drug-likeness (QED) is 0.797.